The van der Waals surface area contributed by atoms with Gasteiger partial charge in [-0.1, -0.05) is 23.7 Å². The summed E-state index contributed by atoms with van der Waals surface area (Å²) in [6.07, 6.45) is 5.60. The lowest BCUT2D eigenvalue weighted by Crippen LogP contribution is -2.47. The van der Waals surface area contributed by atoms with Crippen LogP contribution in [0.15, 0.2) is 47.7 Å². The molecule has 1 saturated heterocycles. The smallest absolute Gasteiger partial charge is 0.225 e. The van der Waals surface area contributed by atoms with E-state index in [1.165, 1.54) is 5.56 Å². The third kappa shape index (κ3) is 9.16. The molecular weight excluding hydrogens is 525 g/mol. The van der Waals surface area contributed by atoms with Gasteiger partial charge >= 0.3 is 0 Å². The van der Waals surface area contributed by atoms with Crippen molar-refractivity contribution in [1.82, 2.24) is 25.5 Å². The normalized spacial score (nSPS) is 14.8. The molecule has 1 aromatic heterocycles. The van der Waals surface area contributed by atoms with E-state index in [1.54, 1.807) is 12.4 Å². The van der Waals surface area contributed by atoms with Gasteiger partial charge in [0.25, 0.3) is 0 Å². The Labute approximate surface area is 207 Å². The van der Waals surface area contributed by atoms with Crippen LogP contribution in [0.25, 0.3) is 0 Å². The number of piperazine rings is 1. The standard InChI is InChI=1S/C22H32ClN7.HI/c1-2-24-21(26-13-9-19-5-7-20(23)8-6-19)25-12-4-14-29-15-17-30(18-16-29)22-27-10-3-11-28-22;/h3,5-8,10-11H,2,4,9,12-18H2,1H3,(H2,24,25,26);1H. The molecule has 0 saturated carbocycles. The van der Waals surface area contributed by atoms with Crippen molar-refractivity contribution in [3.05, 3.63) is 53.3 Å². The Hall–Kier alpha value is -1.65. The number of anilines is 1. The molecule has 0 spiro atoms. The molecule has 0 unspecified atom stereocenters. The SMILES string of the molecule is CCNC(=NCCCN1CCN(c2ncccn2)CC1)NCCc1ccc(Cl)cc1.I. The van der Waals surface area contributed by atoms with Gasteiger partial charge in [0.15, 0.2) is 5.96 Å². The lowest BCUT2D eigenvalue weighted by Gasteiger charge is -2.34. The van der Waals surface area contributed by atoms with Crippen LogP contribution in [0.5, 0.6) is 0 Å². The van der Waals surface area contributed by atoms with Gasteiger partial charge in [-0.15, -0.1) is 24.0 Å². The van der Waals surface area contributed by atoms with E-state index in [1.807, 2.05) is 18.2 Å². The Bertz CT molecular complexity index is 765. The van der Waals surface area contributed by atoms with Crippen LogP contribution in [-0.4, -0.2) is 73.2 Å². The number of aromatic nitrogens is 2. The van der Waals surface area contributed by atoms with Crippen molar-refractivity contribution in [3.8, 4) is 0 Å². The van der Waals surface area contributed by atoms with E-state index < -0.39 is 0 Å². The number of benzene rings is 1. The largest absolute Gasteiger partial charge is 0.357 e. The second-order valence-corrected chi connectivity index (χ2v) is 7.73. The number of hydrogen-bond donors (Lipinski definition) is 2. The third-order valence-corrected chi connectivity index (χ3v) is 5.33. The minimum absolute atomic E-state index is 0. The fourth-order valence-corrected chi connectivity index (χ4v) is 3.56. The van der Waals surface area contributed by atoms with E-state index in [-0.39, 0.29) is 24.0 Å². The fourth-order valence-electron chi connectivity index (χ4n) is 3.43. The second-order valence-electron chi connectivity index (χ2n) is 7.29. The summed E-state index contributed by atoms with van der Waals surface area (Å²) in [4.78, 5) is 18.2. The second kappa shape index (κ2) is 14.4. The molecular formula is C22H33ClIN7. The molecule has 31 heavy (non-hydrogen) atoms. The fraction of sp³-hybridized carbons (Fsp3) is 0.500. The number of nitrogens with one attached hydrogen (secondary N) is 2. The van der Waals surface area contributed by atoms with Crippen molar-refractivity contribution in [2.45, 2.75) is 19.8 Å². The van der Waals surface area contributed by atoms with Gasteiger partial charge in [-0.25, -0.2) is 9.97 Å². The Kier molecular flexibility index (Phi) is 11.9. The molecule has 0 amide bonds. The zero-order valence-electron chi connectivity index (χ0n) is 18.1. The first kappa shape index (κ1) is 25.6. The molecule has 2 aromatic rings. The molecule has 1 aliphatic heterocycles. The average Bonchev–Trinajstić information content (AvgIpc) is 2.79. The predicted molar refractivity (Wildman–Crippen MR) is 140 cm³/mol. The summed E-state index contributed by atoms with van der Waals surface area (Å²) in [6.45, 7) is 9.71. The number of guanidine groups is 1. The molecule has 0 radical (unpaired) electrons. The summed E-state index contributed by atoms with van der Waals surface area (Å²) >= 11 is 5.94. The maximum atomic E-state index is 5.94. The van der Waals surface area contributed by atoms with Gasteiger partial charge in [0.2, 0.25) is 5.95 Å². The molecule has 0 aliphatic carbocycles. The first-order chi connectivity index (χ1) is 14.7. The molecule has 170 valence electrons. The zero-order valence-corrected chi connectivity index (χ0v) is 21.2. The maximum Gasteiger partial charge on any atom is 0.225 e. The van der Waals surface area contributed by atoms with Crippen molar-refractivity contribution in [2.75, 3.05) is 57.3 Å². The minimum atomic E-state index is 0. The van der Waals surface area contributed by atoms with Crippen LogP contribution in [0.3, 0.4) is 0 Å². The van der Waals surface area contributed by atoms with Crippen LogP contribution in [0.2, 0.25) is 5.02 Å². The Morgan fingerprint density at radius 1 is 1.06 bits per heavy atom. The Morgan fingerprint density at radius 3 is 2.45 bits per heavy atom. The number of rotatable bonds is 9. The van der Waals surface area contributed by atoms with Crippen LogP contribution >= 0.6 is 35.6 Å². The summed E-state index contributed by atoms with van der Waals surface area (Å²) in [5.74, 6) is 1.72. The van der Waals surface area contributed by atoms with Crippen LogP contribution in [-0.2, 0) is 6.42 Å². The monoisotopic (exact) mass is 557 g/mol. The summed E-state index contributed by atoms with van der Waals surface area (Å²) in [5.41, 5.74) is 1.27. The maximum absolute atomic E-state index is 5.94. The first-order valence-electron chi connectivity index (χ1n) is 10.8. The van der Waals surface area contributed by atoms with Crippen molar-refractivity contribution in [2.24, 2.45) is 4.99 Å². The van der Waals surface area contributed by atoms with E-state index in [4.69, 9.17) is 16.6 Å². The highest BCUT2D eigenvalue weighted by Gasteiger charge is 2.18. The van der Waals surface area contributed by atoms with Gasteiger partial charge < -0.3 is 15.5 Å². The van der Waals surface area contributed by atoms with Crippen LogP contribution in [0.4, 0.5) is 5.95 Å². The summed E-state index contributed by atoms with van der Waals surface area (Å²) in [6, 6.07) is 9.86. The third-order valence-electron chi connectivity index (χ3n) is 5.07. The summed E-state index contributed by atoms with van der Waals surface area (Å²) in [7, 11) is 0. The molecule has 2 N–H and O–H groups in total. The van der Waals surface area contributed by atoms with Gasteiger partial charge in [0, 0.05) is 69.8 Å². The molecule has 1 aromatic carbocycles. The number of halogens is 2. The van der Waals surface area contributed by atoms with E-state index in [9.17, 15) is 0 Å². The van der Waals surface area contributed by atoms with Gasteiger partial charge in [-0.2, -0.15) is 0 Å². The molecule has 1 aliphatic rings. The lowest BCUT2D eigenvalue weighted by atomic mass is 10.1. The number of aliphatic imine (C=N–C) groups is 1. The summed E-state index contributed by atoms with van der Waals surface area (Å²) in [5, 5.41) is 7.52. The van der Waals surface area contributed by atoms with Crippen LogP contribution in [0, 0.1) is 0 Å². The number of nitrogens with zero attached hydrogens (tertiary/aromatic N) is 5. The highest BCUT2D eigenvalue weighted by atomic mass is 127. The molecule has 3 rings (SSSR count). The molecule has 1 fully saturated rings. The predicted octanol–water partition coefficient (Wildman–Crippen LogP) is 3.06. The zero-order chi connectivity index (χ0) is 21.0. The van der Waals surface area contributed by atoms with E-state index in [0.717, 1.165) is 82.1 Å². The molecule has 9 heteroatoms. The quantitative estimate of drug-likeness (QED) is 0.214. The molecule has 0 bridgehead atoms. The first-order valence-corrected chi connectivity index (χ1v) is 11.1. The highest BCUT2D eigenvalue weighted by molar-refractivity contribution is 14.0. The van der Waals surface area contributed by atoms with Crippen LogP contribution in [0.1, 0.15) is 18.9 Å². The van der Waals surface area contributed by atoms with Crippen molar-refractivity contribution in [3.63, 3.8) is 0 Å². The van der Waals surface area contributed by atoms with E-state index in [2.05, 4.69) is 49.5 Å². The van der Waals surface area contributed by atoms with E-state index >= 15 is 0 Å². The van der Waals surface area contributed by atoms with Crippen molar-refractivity contribution >= 4 is 47.5 Å². The molecule has 7 nitrogen and oxygen atoms in total. The Balaban J connectivity index is 0.00000341. The molecule has 0 atom stereocenters. The Morgan fingerprint density at radius 2 is 1.77 bits per heavy atom. The summed E-state index contributed by atoms with van der Waals surface area (Å²) < 4.78 is 0. The number of hydrogen-bond acceptors (Lipinski definition) is 5. The van der Waals surface area contributed by atoms with Gasteiger partial charge in [-0.3, -0.25) is 9.89 Å². The van der Waals surface area contributed by atoms with Gasteiger partial charge in [-0.05, 0) is 43.5 Å². The van der Waals surface area contributed by atoms with Gasteiger partial charge in [0.05, 0.1) is 0 Å². The minimum Gasteiger partial charge on any atom is -0.357 e. The topological polar surface area (TPSA) is 68.7 Å². The van der Waals surface area contributed by atoms with E-state index in [0.29, 0.717) is 0 Å². The van der Waals surface area contributed by atoms with Crippen LogP contribution < -0.4 is 15.5 Å². The van der Waals surface area contributed by atoms with Crippen molar-refractivity contribution < 1.29 is 0 Å². The van der Waals surface area contributed by atoms with Crippen molar-refractivity contribution in [1.29, 1.82) is 0 Å². The lowest BCUT2D eigenvalue weighted by molar-refractivity contribution is 0.255. The average molecular weight is 558 g/mol. The highest BCUT2D eigenvalue weighted by Crippen LogP contribution is 2.10. The molecule has 2 heterocycles. The van der Waals surface area contributed by atoms with Gasteiger partial charge in [0.1, 0.15) is 0 Å².